The largest absolute Gasteiger partial charge is 0.410 e. The number of nitrogens with zero attached hydrogens (tertiary/aromatic N) is 2. The van der Waals surface area contributed by atoms with Crippen molar-refractivity contribution in [3.8, 4) is 0 Å². The molecule has 0 saturated carbocycles. The van der Waals surface area contributed by atoms with Crippen molar-refractivity contribution in [1.82, 2.24) is 4.90 Å². The summed E-state index contributed by atoms with van der Waals surface area (Å²) in [6, 6.07) is 0. The summed E-state index contributed by atoms with van der Waals surface area (Å²) in [5.41, 5.74) is 0. The molecule has 1 fully saturated rings. The predicted molar refractivity (Wildman–Crippen MR) is 50.5 cm³/mol. The molecule has 0 atom stereocenters. The summed E-state index contributed by atoms with van der Waals surface area (Å²) in [5, 5.41) is 11.6. The highest BCUT2D eigenvalue weighted by molar-refractivity contribution is 6.65. The van der Waals surface area contributed by atoms with Crippen molar-refractivity contribution in [1.29, 1.82) is 0 Å². The zero-order valence-corrected chi connectivity index (χ0v) is 7.87. The average Bonchev–Trinajstić information content (AvgIpc) is 2.17. The van der Waals surface area contributed by atoms with Gasteiger partial charge in [0.25, 0.3) is 0 Å². The van der Waals surface area contributed by atoms with Crippen LogP contribution in [0.1, 0.15) is 12.8 Å². The topological polar surface area (TPSA) is 52.9 Å². The van der Waals surface area contributed by atoms with E-state index in [0.717, 1.165) is 0 Å². The van der Waals surface area contributed by atoms with Crippen LogP contribution in [-0.4, -0.2) is 42.0 Å². The molecule has 2 radical (unpaired) electrons. The molecule has 1 saturated heterocycles. The van der Waals surface area contributed by atoms with E-state index in [2.05, 4.69) is 5.16 Å². The fourth-order valence-corrected chi connectivity index (χ4v) is 1.64. The van der Waals surface area contributed by atoms with Gasteiger partial charge in [0.1, 0.15) is 5.17 Å². The van der Waals surface area contributed by atoms with Gasteiger partial charge >= 0.3 is 0 Å². The van der Waals surface area contributed by atoms with Crippen LogP contribution >= 0.6 is 11.6 Å². The van der Waals surface area contributed by atoms with Crippen LogP contribution in [0.2, 0.25) is 0 Å². The Labute approximate surface area is 82.9 Å². The number of amides is 1. The minimum atomic E-state index is -0.407. The van der Waals surface area contributed by atoms with Crippen molar-refractivity contribution < 1.29 is 10.0 Å². The first-order valence-electron chi connectivity index (χ1n) is 4.07. The van der Waals surface area contributed by atoms with E-state index in [0.29, 0.717) is 25.9 Å². The van der Waals surface area contributed by atoms with Crippen LogP contribution in [0.25, 0.3) is 0 Å². The third kappa shape index (κ3) is 2.62. The molecule has 1 amide bonds. The van der Waals surface area contributed by atoms with Gasteiger partial charge in [-0.15, -0.1) is 0 Å². The normalized spacial score (nSPS) is 20.4. The van der Waals surface area contributed by atoms with Gasteiger partial charge in [-0.05, 0) is 12.8 Å². The van der Waals surface area contributed by atoms with Gasteiger partial charge in [0.2, 0.25) is 7.85 Å². The summed E-state index contributed by atoms with van der Waals surface area (Å²) < 4.78 is 0. The second-order valence-electron chi connectivity index (χ2n) is 3.02. The Morgan fingerprint density at radius 3 is 2.46 bits per heavy atom. The van der Waals surface area contributed by atoms with Gasteiger partial charge in [-0.3, -0.25) is 4.79 Å². The molecule has 0 spiro atoms. The Morgan fingerprint density at radius 1 is 1.54 bits per heavy atom. The molecule has 1 aliphatic heterocycles. The van der Waals surface area contributed by atoms with Crippen LogP contribution in [0.4, 0.5) is 4.79 Å². The Bertz CT molecular complexity index is 227. The van der Waals surface area contributed by atoms with Crippen molar-refractivity contribution in [3.05, 3.63) is 0 Å². The molecule has 4 nitrogen and oxygen atoms in total. The Kier molecular flexibility index (Phi) is 3.60. The van der Waals surface area contributed by atoms with Crippen LogP contribution in [0.15, 0.2) is 5.16 Å². The third-order valence-electron chi connectivity index (χ3n) is 2.24. The van der Waals surface area contributed by atoms with Crippen molar-refractivity contribution >= 4 is 30.4 Å². The summed E-state index contributed by atoms with van der Waals surface area (Å²) in [5.74, 6) is -0.349. The number of piperidine rings is 1. The molecule has 1 rings (SSSR count). The number of hydrogen-bond acceptors (Lipinski definition) is 3. The smallest absolute Gasteiger partial charge is 0.200 e. The number of oxime groups is 1. The number of carbonyl (C=O) groups is 1. The second kappa shape index (κ2) is 4.51. The summed E-state index contributed by atoms with van der Waals surface area (Å²) in [4.78, 5) is 12.3. The first-order valence-corrected chi connectivity index (χ1v) is 4.44. The molecule has 1 aliphatic rings. The van der Waals surface area contributed by atoms with Crippen molar-refractivity contribution in [2.75, 3.05) is 13.1 Å². The third-order valence-corrected chi connectivity index (χ3v) is 2.62. The van der Waals surface area contributed by atoms with E-state index >= 15 is 0 Å². The number of halogens is 1. The zero-order valence-electron chi connectivity index (χ0n) is 7.11. The van der Waals surface area contributed by atoms with E-state index in [1.54, 1.807) is 4.90 Å². The maximum absolute atomic E-state index is 10.7. The summed E-state index contributed by atoms with van der Waals surface area (Å²) in [6.07, 6.45) is 1.40. The van der Waals surface area contributed by atoms with E-state index in [-0.39, 0.29) is 11.1 Å². The molecule has 1 heterocycles. The van der Waals surface area contributed by atoms with Gasteiger partial charge in [-0.25, -0.2) is 0 Å². The second-order valence-corrected chi connectivity index (χ2v) is 3.41. The van der Waals surface area contributed by atoms with E-state index in [9.17, 15) is 4.79 Å². The van der Waals surface area contributed by atoms with E-state index in [1.165, 1.54) is 0 Å². The number of likely N-dealkylation sites (tertiary alicyclic amines) is 1. The molecular weight excluding hydrogens is 190 g/mol. The number of rotatable bonds is 1. The molecule has 0 aromatic rings. The van der Waals surface area contributed by atoms with E-state index < -0.39 is 5.81 Å². The summed E-state index contributed by atoms with van der Waals surface area (Å²) in [6.45, 7) is 1.15. The van der Waals surface area contributed by atoms with Gasteiger partial charge in [0.05, 0.1) is 0 Å². The van der Waals surface area contributed by atoms with Crippen LogP contribution in [0.3, 0.4) is 0 Å². The molecule has 0 aliphatic carbocycles. The fraction of sp³-hybridized carbons (Fsp3) is 0.714. The molecule has 70 valence electrons. The highest BCUT2D eigenvalue weighted by Crippen LogP contribution is 2.20. The van der Waals surface area contributed by atoms with Gasteiger partial charge in [-0.2, -0.15) is 0 Å². The lowest BCUT2D eigenvalue weighted by molar-refractivity contribution is 0.202. The minimum absolute atomic E-state index is 0.0577. The Balaban J connectivity index is 2.43. The van der Waals surface area contributed by atoms with Crippen molar-refractivity contribution in [2.45, 2.75) is 12.8 Å². The highest BCUT2D eigenvalue weighted by atomic mass is 35.5. The molecule has 6 heteroatoms. The van der Waals surface area contributed by atoms with E-state index in [4.69, 9.17) is 24.7 Å². The molecule has 1 N–H and O–H groups in total. The van der Waals surface area contributed by atoms with Crippen LogP contribution in [0, 0.1) is 5.92 Å². The Hall–Kier alpha value is -0.705. The zero-order chi connectivity index (χ0) is 9.84. The summed E-state index contributed by atoms with van der Waals surface area (Å²) in [7, 11) is 5.10. The first-order chi connectivity index (χ1) is 6.15. The monoisotopic (exact) mass is 200 g/mol. The highest BCUT2D eigenvalue weighted by Gasteiger charge is 2.23. The summed E-state index contributed by atoms with van der Waals surface area (Å²) >= 11 is 5.64. The standard InChI is InChI=1S/C7H10BClN2O2/c8-7(12)11-3-1-5(2-4-11)6(9)10-13/h5,13H,1-4H2. The predicted octanol–water partition coefficient (Wildman–Crippen LogP) is 1.01. The van der Waals surface area contributed by atoms with Gasteiger partial charge in [-0.1, -0.05) is 16.8 Å². The maximum Gasteiger partial charge on any atom is 0.200 e. The SMILES string of the molecule is [B]C(=O)N1CCC(C(Cl)=NO)CC1. The average molecular weight is 200 g/mol. The van der Waals surface area contributed by atoms with Gasteiger partial charge < -0.3 is 10.1 Å². The maximum atomic E-state index is 10.7. The molecule has 0 aromatic heterocycles. The number of carbonyl (C=O) groups excluding carboxylic acids is 1. The minimum Gasteiger partial charge on any atom is -0.410 e. The van der Waals surface area contributed by atoms with Crippen LogP contribution in [0.5, 0.6) is 0 Å². The molecule has 13 heavy (non-hydrogen) atoms. The lowest BCUT2D eigenvalue weighted by Crippen LogP contribution is -2.39. The molecule has 0 unspecified atom stereocenters. The quantitative estimate of drug-likeness (QED) is 0.297. The van der Waals surface area contributed by atoms with E-state index in [1.807, 2.05) is 0 Å². The first kappa shape index (κ1) is 10.4. The lowest BCUT2D eigenvalue weighted by Gasteiger charge is -2.30. The van der Waals surface area contributed by atoms with Gasteiger partial charge in [0.15, 0.2) is 5.81 Å². The van der Waals surface area contributed by atoms with Crippen LogP contribution in [-0.2, 0) is 0 Å². The van der Waals surface area contributed by atoms with Crippen LogP contribution < -0.4 is 0 Å². The lowest BCUT2D eigenvalue weighted by atomic mass is 9.96. The molecule has 0 aromatic carbocycles. The van der Waals surface area contributed by atoms with Gasteiger partial charge in [0, 0.05) is 19.0 Å². The fourth-order valence-electron chi connectivity index (χ4n) is 1.42. The molecular formula is C7H10BClN2O2. The Morgan fingerprint density at radius 2 is 2.08 bits per heavy atom. The number of hydrogen-bond donors (Lipinski definition) is 1. The van der Waals surface area contributed by atoms with Crippen molar-refractivity contribution in [2.24, 2.45) is 11.1 Å². The molecule has 0 bridgehead atoms. The van der Waals surface area contributed by atoms with Crippen molar-refractivity contribution in [3.63, 3.8) is 0 Å².